The highest BCUT2D eigenvalue weighted by Gasteiger charge is 2.27. The topological polar surface area (TPSA) is 49.3 Å². The van der Waals surface area contributed by atoms with Gasteiger partial charge < -0.3 is 10.4 Å². The predicted octanol–water partition coefficient (Wildman–Crippen LogP) is 4.42. The van der Waals surface area contributed by atoms with Crippen LogP contribution in [0.25, 0.3) is 0 Å². The second-order valence-electron chi connectivity index (χ2n) is 6.08. The molecule has 1 aromatic carbocycles. The molecule has 0 unspecified atom stereocenters. The van der Waals surface area contributed by atoms with Gasteiger partial charge in [0, 0.05) is 16.8 Å². The molecule has 0 aliphatic heterocycles. The van der Waals surface area contributed by atoms with Crippen LogP contribution in [0.3, 0.4) is 0 Å². The summed E-state index contributed by atoms with van der Waals surface area (Å²) < 4.78 is 0. The highest BCUT2D eigenvalue weighted by Crippen LogP contribution is 2.36. The minimum Gasteiger partial charge on any atom is -0.478 e. The molecule has 0 amide bonds. The molecule has 0 heterocycles. The van der Waals surface area contributed by atoms with E-state index in [1.807, 2.05) is 0 Å². The Hall–Kier alpha value is -1.22. The normalized spacial score (nSPS) is 19.1. The second-order valence-corrected chi connectivity index (χ2v) is 6.51. The predicted molar refractivity (Wildman–Crippen MR) is 78.1 cm³/mol. The molecule has 0 saturated heterocycles. The van der Waals surface area contributed by atoms with E-state index in [4.69, 9.17) is 11.6 Å². The number of hydrogen-bond donors (Lipinski definition) is 2. The number of hydrogen-bond acceptors (Lipinski definition) is 2. The molecule has 104 valence electrons. The van der Waals surface area contributed by atoms with Gasteiger partial charge in [0.2, 0.25) is 0 Å². The monoisotopic (exact) mass is 281 g/mol. The summed E-state index contributed by atoms with van der Waals surface area (Å²) in [7, 11) is 0. The summed E-state index contributed by atoms with van der Waals surface area (Å²) in [4.78, 5) is 11.2. The lowest BCUT2D eigenvalue weighted by Gasteiger charge is -2.35. The van der Waals surface area contributed by atoms with Crippen LogP contribution in [0.5, 0.6) is 0 Å². The van der Waals surface area contributed by atoms with Gasteiger partial charge in [-0.1, -0.05) is 25.4 Å². The molecule has 19 heavy (non-hydrogen) atoms. The molecule has 0 bridgehead atoms. The molecule has 1 aliphatic rings. The molecule has 0 atom stereocenters. The Balaban J connectivity index is 2.10. The van der Waals surface area contributed by atoms with Gasteiger partial charge in [0.25, 0.3) is 0 Å². The molecule has 4 heteroatoms. The fourth-order valence-electron chi connectivity index (χ4n) is 2.58. The van der Waals surface area contributed by atoms with Crippen LogP contribution in [0, 0.1) is 5.41 Å². The standard InChI is InChI=1S/C15H20ClNO2/c1-15(2)7-5-11(6-8-15)17-13-4-3-10(16)9-12(13)14(18)19/h3-4,9,11,17H,5-8H2,1-2H3,(H,18,19). The Morgan fingerprint density at radius 3 is 2.58 bits per heavy atom. The molecule has 1 aromatic rings. The Bertz CT molecular complexity index is 475. The first-order valence-electron chi connectivity index (χ1n) is 6.67. The van der Waals surface area contributed by atoms with Gasteiger partial charge in [-0.25, -0.2) is 4.79 Å². The van der Waals surface area contributed by atoms with Crippen LogP contribution < -0.4 is 5.32 Å². The molecule has 1 fully saturated rings. The molecule has 0 spiro atoms. The Kier molecular flexibility index (Phi) is 4.04. The molecule has 3 nitrogen and oxygen atoms in total. The summed E-state index contributed by atoms with van der Waals surface area (Å²) in [5.41, 5.74) is 1.33. The smallest absolute Gasteiger partial charge is 0.337 e. The molecular weight excluding hydrogens is 262 g/mol. The van der Waals surface area contributed by atoms with Crippen molar-refractivity contribution >= 4 is 23.3 Å². The second kappa shape index (κ2) is 5.41. The largest absolute Gasteiger partial charge is 0.478 e. The summed E-state index contributed by atoms with van der Waals surface area (Å²) >= 11 is 5.85. The van der Waals surface area contributed by atoms with Crippen molar-refractivity contribution < 1.29 is 9.90 Å². The maximum absolute atomic E-state index is 11.2. The number of benzene rings is 1. The molecule has 2 N–H and O–H groups in total. The summed E-state index contributed by atoms with van der Waals surface area (Å²) in [6, 6.07) is 5.33. The lowest BCUT2D eigenvalue weighted by molar-refractivity contribution is 0.0698. The van der Waals surface area contributed by atoms with Crippen LogP contribution in [-0.4, -0.2) is 17.1 Å². The van der Waals surface area contributed by atoms with Crippen molar-refractivity contribution in [1.82, 2.24) is 0 Å². The van der Waals surface area contributed by atoms with Crippen LogP contribution in [0.2, 0.25) is 5.02 Å². The van der Waals surface area contributed by atoms with Crippen molar-refractivity contribution in [3.63, 3.8) is 0 Å². The van der Waals surface area contributed by atoms with Gasteiger partial charge in [0.05, 0.1) is 5.56 Å². The third-order valence-corrected chi connectivity index (χ3v) is 4.15. The number of aromatic carboxylic acids is 1. The van der Waals surface area contributed by atoms with Crippen molar-refractivity contribution in [3.8, 4) is 0 Å². The van der Waals surface area contributed by atoms with E-state index >= 15 is 0 Å². The van der Waals surface area contributed by atoms with Crippen LogP contribution in [-0.2, 0) is 0 Å². The van der Waals surface area contributed by atoms with E-state index in [1.54, 1.807) is 12.1 Å². The van der Waals surface area contributed by atoms with E-state index in [9.17, 15) is 9.90 Å². The SMILES string of the molecule is CC1(C)CCC(Nc2ccc(Cl)cc2C(=O)O)CC1. The molecule has 2 rings (SSSR count). The van der Waals surface area contributed by atoms with Crippen LogP contribution in [0.15, 0.2) is 18.2 Å². The van der Waals surface area contributed by atoms with Gasteiger partial charge in [0.15, 0.2) is 0 Å². The number of carbonyl (C=O) groups is 1. The van der Waals surface area contributed by atoms with Crippen LogP contribution in [0.1, 0.15) is 49.9 Å². The van der Waals surface area contributed by atoms with E-state index < -0.39 is 5.97 Å². The number of rotatable bonds is 3. The number of nitrogens with one attached hydrogen (secondary N) is 1. The van der Waals surface area contributed by atoms with Crippen molar-refractivity contribution in [1.29, 1.82) is 0 Å². The van der Waals surface area contributed by atoms with E-state index in [0.29, 0.717) is 22.2 Å². The summed E-state index contributed by atoms with van der Waals surface area (Å²) in [6.07, 6.45) is 4.49. The van der Waals surface area contributed by atoms with E-state index in [0.717, 1.165) is 12.8 Å². The number of carboxylic acid groups (broad SMARTS) is 1. The average Bonchev–Trinajstić information content (AvgIpc) is 2.33. The van der Waals surface area contributed by atoms with E-state index in [1.165, 1.54) is 18.9 Å². The minimum atomic E-state index is -0.943. The third kappa shape index (κ3) is 3.63. The summed E-state index contributed by atoms with van der Waals surface area (Å²) in [6.45, 7) is 4.57. The zero-order valence-corrected chi connectivity index (χ0v) is 12.1. The molecular formula is C15H20ClNO2. The molecule has 0 radical (unpaired) electrons. The first kappa shape index (κ1) is 14.2. The summed E-state index contributed by atoms with van der Waals surface area (Å²) in [5, 5.41) is 13.0. The van der Waals surface area contributed by atoms with Crippen molar-refractivity contribution in [3.05, 3.63) is 28.8 Å². The number of carboxylic acids is 1. The zero-order valence-electron chi connectivity index (χ0n) is 11.4. The third-order valence-electron chi connectivity index (χ3n) is 3.91. The van der Waals surface area contributed by atoms with Gasteiger partial charge in [-0.05, 0) is 49.3 Å². The Morgan fingerprint density at radius 1 is 1.37 bits per heavy atom. The van der Waals surface area contributed by atoms with Crippen molar-refractivity contribution in [2.75, 3.05) is 5.32 Å². The fourth-order valence-corrected chi connectivity index (χ4v) is 2.75. The van der Waals surface area contributed by atoms with Gasteiger partial charge >= 0.3 is 5.97 Å². The lowest BCUT2D eigenvalue weighted by atomic mass is 9.75. The van der Waals surface area contributed by atoms with Gasteiger partial charge in [-0.3, -0.25) is 0 Å². The number of halogens is 1. The number of anilines is 1. The van der Waals surface area contributed by atoms with Gasteiger partial charge in [0.1, 0.15) is 0 Å². The summed E-state index contributed by atoms with van der Waals surface area (Å²) in [5.74, 6) is -0.943. The first-order valence-corrected chi connectivity index (χ1v) is 7.04. The Morgan fingerprint density at radius 2 is 2.00 bits per heavy atom. The molecule has 1 saturated carbocycles. The highest BCUT2D eigenvalue weighted by atomic mass is 35.5. The minimum absolute atomic E-state index is 0.248. The quantitative estimate of drug-likeness (QED) is 0.862. The Labute approximate surface area is 119 Å². The van der Waals surface area contributed by atoms with Gasteiger partial charge in [-0.15, -0.1) is 0 Å². The zero-order chi connectivity index (χ0) is 14.0. The van der Waals surface area contributed by atoms with Crippen molar-refractivity contribution in [2.24, 2.45) is 5.41 Å². The van der Waals surface area contributed by atoms with Crippen LogP contribution >= 0.6 is 11.6 Å². The highest BCUT2D eigenvalue weighted by molar-refractivity contribution is 6.31. The maximum Gasteiger partial charge on any atom is 0.337 e. The molecule has 0 aromatic heterocycles. The maximum atomic E-state index is 11.2. The van der Waals surface area contributed by atoms with E-state index in [-0.39, 0.29) is 5.56 Å². The lowest BCUT2D eigenvalue weighted by Crippen LogP contribution is -2.30. The van der Waals surface area contributed by atoms with E-state index in [2.05, 4.69) is 19.2 Å². The first-order chi connectivity index (χ1) is 8.87. The van der Waals surface area contributed by atoms with Crippen LogP contribution in [0.4, 0.5) is 5.69 Å². The van der Waals surface area contributed by atoms with Crippen molar-refractivity contribution in [2.45, 2.75) is 45.6 Å². The van der Waals surface area contributed by atoms with Gasteiger partial charge in [-0.2, -0.15) is 0 Å². The molecule has 1 aliphatic carbocycles. The fraction of sp³-hybridized carbons (Fsp3) is 0.533. The average molecular weight is 282 g/mol.